The van der Waals surface area contributed by atoms with E-state index in [4.69, 9.17) is 5.73 Å². The van der Waals surface area contributed by atoms with Crippen molar-refractivity contribution in [3.63, 3.8) is 0 Å². The van der Waals surface area contributed by atoms with Crippen LogP contribution in [-0.4, -0.2) is 56.6 Å². The van der Waals surface area contributed by atoms with Gasteiger partial charge in [-0.3, -0.25) is 0 Å². The fourth-order valence-electron chi connectivity index (χ4n) is 1.52. The molecular weight excluding hydrogens is 174 g/mol. The number of nitrogens with two attached hydrogens (primary N) is 1. The minimum absolute atomic E-state index is 0.829. The normalized spacial score (nSPS) is 11.6. The molecule has 0 saturated heterocycles. The first-order valence-electron chi connectivity index (χ1n) is 5.77. The predicted octanol–water partition coefficient (Wildman–Crippen LogP) is 0.999. The Hall–Kier alpha value is -0.120. The summed E-state index contributed by atoms with van der Waals surface area (Å²) in [4.78, 5) is 4.76. The van der Waals surface area contributed by atoms with E-state index in [1.807, 2.05) is 0 Å². The first-order chi connectivity index (χ1) is 6.70. The summed E-state index contributed by atoms with van der Waals surface area (Å²) in [5.74, 6) is 0. The molecule has 0 aliphatic heterocycles. The molecule has 3 heteroatoms. The van der Waals surface area contributed by atoms with E-state index in [2.05, 4.69) is 30.8 Å². The Morgan fingerprint density at radius 1 is 0.929 bits per heavy atom. The van der Waals surface area contributed by atoms with Crippen molar-refractivity contribution < 1.29 is 0 Å². The van der Waals surface area contributed by atoms with Gasteiger partial charge in [-0.1, -0.05) is 6.92 Å². The molecule has 2 N–H and O–H groups in total. The maximum atomic E-state index is 5.47. The van der Waals surface area contributed by atoms with Gasteiger partial charge < -0.3 is 15.5 Å². The molecule has 0 fully saturated rings. The van der Waals surface area contributed by atoms with Crippen molar-refractivity contribution >= 4 is 0 Å². The van der Waals surface area contributed by atoms with Gasteiger partial charge in [0, 0.05) is 0 Å². The highest BCUT2D eigenvalue weighted by molar-refractivity contribution is 4.57. The lowest BCUT2D eigenvalue weighted by molar-refractivity contribution is 0.262. The molecule has 86 valence electrons. The van der Waals surface area contributed by atoms with Crippen molar-refractivity contribution in [3.05, 3.63) is 0 Å². The quantitative estimate of drug-likeness (QED) is 0.565. The summed E-state index contributed by atoms with van der Waals surface area (Å²) >= 11 is 0. The van der Waals surface area contributed by atoms with Crippen molar-refractivity contribution in [2.45, 2.75) is 26.2 Å². The molecule has 0 rings (SSSR count). The average molecular weight is 201 g/mol. The molecule has 0 spiro atoms. The molecule has 0 radical (unpaired) electrons. The van der Waals surface area contributed by atoms with Crippen molar-refractivity contribution in [1.82, 2.24) is 9.80 Å². The van der Waals surface area contributed by atoms with Gasteiger partial charge in [-0.15, -0.1) is 0 Å². The van der Waals surface area contributed by atoms with E-state index in [9.17, 15) is 0 Å². The highest BCUT2D eigenvalue weighted by atomic mass is 15.1. The molecule has 0 aromatic heterocycles. The highest BCUT2D eigenvalue weighted by Gasteiger charge is 2.01. The molecular formula is C11H27N3. The Balaban J connectivity index is 3.38. The number of rotatable bonds is 9. The third-order valence-corrected chi connectivity index (χ3v) is 2.46. The molecule has 0 saturated carbocycles. The second kappa shape index (κ2) is 9.44. The highest BCUT2D eigenvalue weighted by Crippen LogP contribution is 1.96. The maximum Gasteiger partial charge on any atom is -0.000667 e. The van der Waals surface area contributed by atoms with Gasteiger partial charge in [0.15, 0.2) is 0 Å². The number of hydrogen-bond acceptors (Lipinski definition) is 3. The molecule has 0 aromatic carbocycles. The van der Waals surface area contributed by atoms with Crippen LogP contribution < -0.4 is 5.73 Å². The fourth-order valence-corrected chi connectivity index (χ4v) is 1.52. The molecule has 0 heterocycles. The third kappa shape index (κ3) is 8.48. The summed E-state index contributed by atoms with van der Waals surface area (Å²) in [6, 6.07) is 0. The minimum Gasteiger partial charge on any atom is -0.330 e. The Kier molecular flexibility index (Phi) is 9.35. The van der Waals surface area contributed by atoms with Gasteiger partial charge in [-0.05, 0) is 66.1 Å². The lowest BCUT2D eigenvalue weighted by Crippen LogP contribution is -2.28. The van der Waals surface area contributed by atoms with E-state index in [-0.39, 0.29) is 0 Å². The second-order valence-electron chi connectivity index (χ2n) is 4.09. The van der Waals surface area contributed by atoms with Gasteiger partial charge in [-0.25, -0.2) is 0 Å². The largest absolute Gasteiger partial charge is 0.330 e. The Bertz CT molecular complexity index is 115. The van der Waals surface area contributed by atoms with Gasteiger partial charge in [0.25, 0.3) is 0 Å². The molecule has 0 aliphatic rings. The molecule has 3 nitrogen and oxygen atoms in total. The summed E-state index contributed by atoms with van der Waals surface area (Å²) < 4.78 is 0. The monoisotopic (exact) mass is 201 g/mol. The number of nitrogens with zero attached hydrogens (tertiary/aromatic N) is 2. The van der Waals surface area contributed by atoms with Gasteiger partial charge in [-0.2, -0.15) is 0 Å². The molecule has 0 unspecified atom stereocenters. The van der Waals surface area contributed by atoms with Crippen molar-refractivity contribution in [3.8, 4) is 0 Å². The standard InChI is InChI=1S/C11H27N3/c1-4-14(10-6-5-8-12)11-7-9-13(2)3/h4-12H2,1-3H3. The molecule has 0 bridgehead atoms. The van der Waals surface area contributed by atoms with Gasteiger partial charge in [0.2, 0.25) is 0 Å². The Morgan fingerprint density at radius 3 is 2.07 bits per heavy atom. The van der Waals surface area contributed by atoms with Crippen LogP contribution >= 0.6 is 0 Å². The van der Waals surface area contributed by atoms with E-state index in [1.54, 1.807) is 0 Å². The summed E-state index contributed by atoms with van der Waals surface area (Å²) in [5, 5.41) is 0. The van der Waals surface area contributed by atoms with E-state index < -0.39 is 0 Å². The van der Waals surface area contributed by atoms with Crippen LogP contribution in [0.2, 0.25) is 0 Å². The van der Waals surface area contributed by atoms with Crippen LogP contribution in [0.25, 0.3) is 0 Å². The summed E-state index contributed by atoms with van der Waals surface area (Å²) in [6.45, 7) is 7.85. The SMILES string of the molecule is CCN(CCCCN)CCCN(C)C. The summed E-state index contributed by atoms with van der Waals surface area (Å²) in [6.07, 6.45) is 3.67. The zero-order chi connectivity index (χ0) is 10.8. The van der Waals surface area contributed by atoms with Crippen molar-refractivity contribution in [2.75, 3.05) is 46.8 Å². The Labute approximate surface area is 89.2 Å². The van der Waals surface area contributed by atoms with Crippen LogP contribution in [0.4, 0.5) is 0 Å². The average Bonchev–Trinajstić information content (AvgIpc) is 2.15. The summed E-state index contributed by atoms with van der Waals surface area (Å²) in [5.41, 5.74) is 5.47. The predicted molar refractivity (Wildman–Crippen MR) is 63.6 cm³/mol. The van der Waals surface area contributed by atoms with E-state index >= 15 is 0 Å². The lowest BCUT2D eigenvalue weighted by atomic mass is 10.2. The smallest absolute Gasteiger partial charge is 0.000667 e. The summed E-state index contributed by atoms with van der Waals surface area (Å²) in [7, 11) is 4.26. The zero-order valence-corrected chi connectivity index (χ0v) is 10.1. The van der Waals surface area contributed by atoms with Gasteiger partial charge in [0.05, 0.1) is 0 Å². The topological polar surface area (TPSA) is 32.5 Å². The molecule has 14 heavy (non-hydrogen) atoms. The van der Waals surface area contributed by atoms with Crippen LogP contribution in [-0.2, 0) is 0 Å². The molecule has 0 aromatic rings. The van der Waals surface area contributed by atoms with Crippen molar-refractivity contribution in [1.29, 1.82) is 0 Å². The first-order valence-corrected chi connectivity index (χ1v) is 5.77. The molecule has 0 atom stereocenters. The number of unbranched alkanes of at least 4 members (excludes halogenated alkanes) is 1. The van der Waals surface area contributed by atoms with E-state index in [1.165, 1.54) is 32.5 Å². The van der Waals surface area contributed by atoms with Crippen LogP contribution in [0.1, 0.15) is 26.2 Å². The van der Waals surface area contributed by atoms with Gasteiger partial charge >= 0.3 is 0 Å². The Morgan fingerprint density at radius 2 is 1.57 bits per heavy atom. The zero-order valence-electron chi connectivity index (χ0n) is 10.1. The van der Waals surface area contributed by atoms with E-state index in [0.717, 1.165) is 19.5 Å². The third-order valence-electron chi connectivity index (χ3n) is 2.46. The van der Waals surface area contributed by atoms with Crippen LogP contribution in [0.15, 0.2) is 0 Å². The first kappa shape index (κ1) is 13.9. The van der Waals surface area contributed by atoms with Gasteiger partial charge in [0.1, 0.15) is 0 Å². The van der Waals surface area contributed by atoms with E-state index in [0.29, 0.717) is 0 Å². The second-order valence-corrected chi connectivity index (χ2v) is 4.09. The lowest BCUT2D eigenvalue weighted by Gasteiger charge is -2.21. The van der Waals surface area contributed by atoms with Crippen LogP contribution in [0.3, 0.4) is 0 Å². The minimum atomic E-state index is 0.829. The fraction of sp³-hybridized carbons (Fsp3) is 1.00. The molecule has 0 aliphatic carbocycles. The molecule has 0 amide bonds. The number of hydrogen-bond donors (Lipinski definition) is 1. The van der Waals surface area contributed by atoms with Crippen LogP contribution in [0.5, 0.6) is 0 Å². The van der Waals surface area contributed by atoms with Crippen molar-refractivity contribution in [2.24, 2.45) is 5.73 Å². The maximum absolute atomic E-state index is 5.47. The van der Waals surface area contributed by atoms with Crippen LogP contribution in [0, 0.1) is 0 Å².